The van der Waals surface area contributed by atoms with Crippen LogP contribution in [0.1, 0.15) is 38.5 Å². The molecule has 18 heavy (non-hydrogen) atoms. The van der Waals surface area contributed by atoms with Crippen molar-refractivity contribution in [3.63, 3.8) is 0 Å². The molecule has 4 nitrogen and oxygen atoms in total. The lowest BCUT2D eigenvalue weighted by atomic mass is 9.87. The minimum absolute atomic E-state index is 0.0345. The van der Waals surface area contributed by atoms with Crippen LogP contribution >= 0.6 is 23.2 Å². The summed E-state index contributed by atoms with van der Waals surface area (Å²) in [5.74, 6) is 0.820. The van der Waals surface area contributed by atoms with E-state index in [2.05, 4.69) is 15.3 Å². The number of carbonyl (C=O) groups is 1. The highest BCUT2D eigenvalue weighted by Gasteiger charge is 2.17. The Bertz CT molecular complexity index is 413. The standard InChI is InChI=1S/C12H15Cl2N3O/c13-9-7-10(17-12(14)15-9)16-11(18)6-8-4-2-1-3-5-8/h7-8H,1-6H2,(H,15,16,17,18). The second-order valence-corrected chi connectivity index (χ2v) is 5.33. The molecular formula is C12H15Cl2N3O. The van der Waals surface area contributed by atoms with Gasteiger partial charge in [-0.3, -0.25) is 4.79 Å². The number of amides is 1. The Labute approximate surface area is 116 Å². The second kappa shape index (κ2) is 6.34. The molecule has 1 aromatic heterocycles. The maximum absolute atomic E-state index is 11.8. The van der Waals surface area contributed by atoms with Crippen LogP contribution in [0.3, 0.4) is 0 Å². The van der Waals surface area contributed by atoms with Gasteiger partial charge in [0.25, 0.3) is 0 Å². The van der Waals surface area contributed by atoms with Gasteiger partial charge in [0.05, 0.1) is 0 Å². The summed E-state index contributed by atoms with van der Waals surface area (Å²) in [6.45, 7) is 0. The van der Waals surface area contributed by atoms with Crippen molar-refractivity contribution in [2.75, 3.05) is 5.32 Å². The first-order chi connectivity index (χ1) is 8.63. The molecule has 1 fully saturated rings. The molecule has 1 heterocycles. The number of nitrogens with zero attached hydrogens (tertiary/aromatic N) is 2. The van der Waals surface area contributed by atoms with Crippen molar-refractivity contribution in [2.24, 2.45) is 5.92 Å². The predicted molar refractivity (Wildman–Crippen MR) is 71.9 cm³/mol. The van der Waals surface area contributed by atoms with Gasteiger partial charge in [-0.1, -0.05) is 30.9 Å². The summed E-state index contributed by atoms with van der Waals surface area (Å²) in [4.78, 5) is 19.5. The number of halogens is 2. The highest BCUT2D eigenvalue weighted by molar-refractivity contribution is 6.32. The normalized spacial score (nSPS) is 16.6. The van der Waals surface area contributed by atoms with Gasteiger partial charge >= 0.3 is 0 Å². The number of aromatic nitrogens is 2. The van der Waals surface area contributed by atoms with Crippen molar-refractivity contribution < 1.29 is 4.79 Å². The molecular weight excluding hydrogens is 273 g/mol. The summed E-state index contributed by atoms with van der Waals surface area (Å²) < 4.78 is 0. The van der Waals surface area contributed by atoms with E-state index in [4.69, 9.17) is 23.2 Å². The van der Waals surface area contributed by atoms with Crippen LogP contribution in [0.2, 0.25) is 10.4 Å². The van der Waals surface area contributed by atoms with E-state index < -0.39 is 0 Å². The molecule has 0 saturated heterocycles. The Kier molecular flexibility index (Phi) is 4.78. The molecule has 0 aromatic carbocycles. The van der Waals surface area contributed by atoms with Gasteiger partial charge in [-0.2, -0.15) is 0 Å². The smallest absolute Gasteiger partial charge is 0.225 e. The van der Waals surface area contributed by atoms with Crippen LogP contribution in [0.5, 0.6) is 0 Å². The van der Waals surface area contributed by atoms with Gasteiger partial charge in [0.15, 0.2) is 0 Å². The van der Waals surface area contributed by atoms with E-state index in [0.717, 1.165) is 12.8 Å². The molecule has 0 aliphatic heterocycles. The van der Waals surface area contributed by atoms with Crippen molar-refractivity contribution >= 4 is 34.9 Å². The van der Waals surface area contributed by atoms with E-state index in [0.29, 0.717) is 18.2 Å². The van der Waals surface area contributed by atoms with E-state index in [9.17, 15) is 4.79 Å². The van der Waals surface area contributed by atoms with Gasteiger partial charge in [0, 0.05) is 12.5 Å². The molecule has 1 aliphatic carbocycles. The van der Waals surface area contributed by atoms with Crippen molar-refractivity contribution in [3.05, 3.63) is 16.5 Å². The van der Waals surface area contributed by atoms with Crippen molar-refractivity contribution in [3.8, 4) is 0 Å². The van der Waals surface area contributed by atoms with Crippen molar-refractivity contribution in [1.29, 1.82) is 0 Å². The molecule has 0 atom stereocenters. The van der Waals surface area contributed by atoms with Crippen molar-refractivity contribution in [1.82, 2.24) is 9.97 Å². The lowest BCUT2D eigenvalue weighted by molar-refractivity contribution is -0.117. The highest BCUT2D eigenvalue weighted by Crippen LogP contribution is 2.26. The fraction of sp³-hybridized carbons (Fsp3) is 0.583. The van der Waals surface area contributed by atoms with Crippen LogP contribution in [0.4, 0.5) is 5.82 Å². The number of hydrogen-bond donors (Lipinski definition) is 1. The molecule has 0 radical (unpaired) electrons. The van der Waals surface area contributed by atoms with Crippen LogP contribution in [0, 0.1) is 5.92 Å². The molecule has 1 saturated carbocycles. The molecule has 1 N–H and O–H groups in total. The van der Waals surface area contributed by atoms with Crippen LogP contribution < -0.4 is 5.32 Å². The summed E-state index contributed by atoms with van der Waals surface area (Å²) in [6, 6.07) is 1.49. The molecule has 1 aliphatic rings. The number of nitrogens with one attached hydrogen (secondary N) is 1. The minimum atomic E-state index is -0.0345. The van der Waals surface area contributed by atoms with E-state index in [1.54, 1.807) is 0 Å². The van der Waals surface area contributed by atoms with Gasteiger partial charge in [0.2, 0.25) is 11.2 Å². The first-order valence-corrected chi connectivity index (χ1v) is 6.89. The molecule has 1 aromatic rings. The fourth-order valence-corrected chi connectivity index (χ4v) is 2.71. The Morgan fingerprint density at radius 2 is 2.00 bits per heavy atom. The molecule has 1 amide bonds. The SMILES string of the molecule is O=C(CC1CCCCC1)Nc1cc(Cl)nc(Cl)n1. The highest BCUT2D eigenvalue weighted by atomic mass is 35.5. The average molecular weight is 288 g/mol. The van der Waals surface area contributed by atoms with Crippen LogP contribution in [0.15, 0.2) is 6.07 Å². The predicted octanol–water partition coefficient (Wildman–Crippen LogP) is 3.69. The topological polar surface area (TPSA) is 54.9 Å². The van der Waals surface area contributed by atoms with E-state index in [1.807, 2.05) is 0 Å². The van der Waals surface area contributed by atoms with Gasteiger partial charge in [0.1, 0.15) is 11.0 Å². The number of hydrogen-bond acceptors (Lipinski definition) is 3. The zero-order valence-electron chi connectivity index (χ0n) is 9.96. The summed E-state index contributed by atoms with van der Waals surface area (Å²) in [6.07, 6.45) is 6.55. The Balaban J connectivity index is 1.89. The average Bonchev–Trinajstić information content (AvgIpc) is 2.28. The van der Waals surface area contributed by atoms with Crippen molar-refractivity contribution in [2.45, 2.75) is 38.5 Å². The van der Waals surface area contributed by atoms with Gasteiger partial charge < -0.3 is 5.32 Å². The first kappa shape index (κ1) is 13.6. The zero-order chi connectivity index (χ0) is 13.0. The molecule has 6 heteroatoms. The summed E-state index contributed by atoms with van der Waals surface area (Å²) >= 11 is 11.4. The van der Waals surface area contributed by atoms with Crippen LogP contribution in [0.25, 0.3) is 0 Å². The summed E-state index contributed by atoms with van der Waals surface area (Å²) in [5.41, 5.74) is 0. The Hall–Kier alpha value is -0.870. The van der Waals surface area contributed by atoms with Crippen LogP contribution in [-0.4, -0.2) is 15.9 Å². The molecule has 0 unspecified atom stereocenters. The first-order valence-electron chi connectivity index (χ1n) is 6.13. The van der Waals surface area contributed by atoms with Gasteiger partial charge in [-0.05, 0) is 30.4 Å². The monoisotopic (exact) mass is 287 g/mol. The largest absolute Gasteiger partial charge is 0.311 e. The second-order valence-electron chi connectivity index (χ2n) is 4.60. The van der Waals surface area contributed by atoms with Gasteiger partial charge in [-0.15, -0.1) is 0 Å². The molecule has 2 rings (SSSR count). The number of rotatable bonds is 3. The lowest BCUT2D eigenvalue weighted by Crippen LogP contribution is -2.19. The Morgan fingerprint density at radius 1 is 1.28 bits per heavy atom. The number of carbonyl (C=O) groups excluding carboxylic acids is 1. The molecule has 0 bridgehead atoms. The Morgan fingerprint density at radius 3 is 2.67 bits per heavy atom. The molecule has 98 valence electrons. The number of anilines is 1. The van der Waals surface area contributed by atoms with Crippen LogP contribution in [-0.2, 0) is 4.79 Å². The van der Waals surface area contributed by atoms with E-state index in [-0.39, 0.29) is 16.3 Å². The minimum Gasteiger partial charge on any atom is -0.311 e. The molecule has 0 spiro atoms. The fourth-order valence-electron chi connectivity index (χ4n) is 2.30. The maximum atomic E-state index is 11.8. The zero-order valence-corrected chi connectivity index (χ0v) is 11.5. The van der Waals surface area contributed by atoms with Gasteiger partial charge in [-0.25, -0.2) is 9.97 Å². The van der Waals surface area contributed by atoms with E-state index >= 15 is 0 Å². The summed E-state index contributed by atoms with van der Waals surface area (Å²) in [7, 11) is 0. The van der Waals surface area contributed by atoms with E-state index in [1.165, 1.54) is 25.3 Å². The third-order valence-electron chi connectivity index (χ3n) is 3.13. The quantitative estimate of drug-likeness (QED) is 0.681. The summed E-state index contributed by atoms with van der Waals surface area (Å²) in [5, 5.41) is 2.97. The maximum Gasteiger partial charge on any atom is 0.225 e. The third kappa shape index (κ3) is 4.10. The lowest BCUT2D eigenvalue weighted by Gasteiger charge is -2.20. The third-order valence-corrected chi connectivity index (χ3v) is 3.50.